The number of nitrogens with zero attached hydrogens (tertiary/aromatic N) is 2. The average Bonchev–Trinajstić information content (AvgIpc) is 2.47. The van der Waals surface area contributed by atoms with Crippen LogP contribution in [0.4, 0.5) is 0 Å². The van der Waals surface area contributed by atoms with Gasteiger partial charge in [0.2, 0.25) is 10.0 Å². The standard InChI is InChI=1S/C14H19N3O2S/c1-14(16-2)7-9-17(10-8-14)20(18,19)13-6-4-3-5-12(13)11-15/h3-6,16H,7-10H2,1-2H3. The molecule has 6 heteroatoms. The molecular formula is C14H19N3O2S. The summed E-state index contributed by atoms with van der Waals surface area (Å²) in [7, 11) is -1.68. The van der Waals surface area contributed by atoms with Crippen LogP contribution in [0.3, 0.4) is 0 Å². The molecule has 0 radical (unpaired) electrons. The van der Waals surface area contributed by atoms with Gasteiger partial charge in [0.1, 0.15) is 6.07 Å². The second-order valence-electron chi connectivity index (χ2n) is 5.32. The largest absolute Gasteiger partial charge is 0.314 e. The lowest BCUT2D eigenvalue weighted by Crippen LogP contribution is -2.51. The highest BCUT2D eigenvalue weighted by Gasteiger charge is 2.35. The van der Waals surface area contributed by atoms with Gasteiger partial charge in [-0.2, -0.15) is 9.57 Å². The third kappa shape index (κ3) is 2.70. The summed E-state index contributed by atoms with van der Waals surface area (Å²) >= 11 is 0. The van der Waals surface area contributed by atoms with E-state index in [1.165, 1.54) is 16.4 Å². The zero-order valence-corrected chi connectivity index (χ0v) is 12.6. The second-order valence-corrected chi connectivity index (χ2v) is 7.23. The van der Waals surface area contributed by atoms with Crippen LogP contribution in [-0.2, 0) is 10.0 Å². The Hall–Kier alpha value is -1.42. The van der Waals surface area contributed by atoms with Gasteiger partial charge in [0.25, 0.3) is 0 Å². The molecule has 2 rings (SSSR count). The lowest BCUT2D eigenvalue weighted by Gasteiger charge is -2.38. The quantitative estimate of drug-likeness (QED) is 0.912. The summed E-state index contributed by atoms with van der Waals surface area (Å²) in [6, 6.07) is 8.31. The first-order chi connectivity index (χ1) is 9.43. The van der Waals surface area contributed by atoms with Gasteiger partial charge in [-0.1, -0.05) is 12.1 Å². The summed E-state index contributed by atoms with van der Waals surface area (Å²) in [6.07, 6.45) is 1.52. The highest BCUT2D eigenvalue weighted by molar-refractivity contribution is 7.89. The molecule has 0 spiro atoms. The predicted molar refractivity (Wildman–Crippen MR) is 76.6 cm³/mol. The Morgan fingerprint density at radius 1 is 1.30 bits per heavy atom. The molecule has 0 aliphatic carbocycles. The zero-order valence-electron chi connectivity index (χ0n) is 11.8. The Labute approximate surface area is 120 Å². The van der Waals surface area contributed by atoms with Gasteiger partial charge in [0.05, 0.1) is 10.5 Å². The first-order valence-electron chi connectivity index (χ1n) is 6.61. The van der Waals surface area contributed by atoms with E-state index in [1.54, 1.807) is 12.1 Å². The number of sulfonamides is 1. The normalized spacial score (nSPS) is 19.4. The number of hydrogen-bond acceptors (Lipinski definition) is 4. The molecule has 0 unspecified atom stereocenters. The van der Waals surface area contributed by atoms with Gasteiger partial charge in [-0.3, -0.25) is 0 Å². The highest BCUT2D eigenvalue weighted by Crippen LogP contribution is 2.27. The molecule has 0 bridgehead atoms. The number of nitrogens with one attached hydrogen (secondary N) is 1. The Bertz CT molecular complexity index is 626. The zero-order chi connectivity index (χ0) is 14.8. The van der Waals surface area contributed by atoms with Crippen molar-refractivity contribution in [1.29, 1.82) is 5.26 Å². The molecule has 108 valence electrons. The number of nitriles is 1. The van der Waals surface area contributed by atoms with Crippen LogP contribution >= 0.6 is 0 Å². The Balaban J connectivity index is 2.27. The SMILES string of the molecule is CNC1(C)CCN(S(=O)(=O)c2ccccc2C#N)CC1. The van der Waals surface area contributed by atoms with Gasteiger partial charge in [-0.15, -0.1) is 0 Å². The minimum absolute atomic E-state index is 0.0131. The molecule has 1 fully saturated rings. The van der Waals surface area contributed by atoms with Crippen molar-refractivity contribution in [3.63, 3.8) is 0 Å². The summed E-state index contributed by atoms with van der Waals surface area (Å²) in [5.74, 6) is 0. The minimum atomic E-state index is -3.58. The van der Waals surface area contributed by atoms with Crippen LogP contribution in [0.1, 0.15) is 25.3 Å². The molecule has 0 atom stereocenters. The molecule has 1 aromatic rings. The molecule has 5 nitrogen and oxygen atoms in total. The van der Waals surface area contributed by atoms with E-state index in [-0.39, 0.29) is 16.0 Å². The third-order valence-corrected chi connectivity index (χ3v) is 6.01. The van der Waals surface area contributed by atoms with Crippen molar-refractivity contribution in [2.75, 3.05) is 20.1 Å². The molecule has 1 N–H and O–H groups in total. The average molecular weight is 293 g/mol. The smallest absolute Gasteiger partial charge is 0.244 e. The summed E-state index contributed by atoms with van der Waals surface area (Å²) < 4.78 is 26.7. The molecule has 0 amide bonds. The van der Waals surface area contributed by atoms with Gasteiger partial charge < -0.3 is 5.32 Å². The van der Waals surface area contributed by atoms with E-state index < -0.39 is 10.0 Å². The lowest BCUT2D eigenvalue weighted by molar-refractivity contribution is 0.219. The maximum absolute atomic E-state index is 12.6. The van der Waals surface area contributed by atoms with Gasteiger partial charge in [-0.05, 0) is 38.9 Å². The molecule has 1 aromatic carbocycles. The van der Waals surface area contributed by atoms with Crippen molar-refractivity contribution in [3.05, 3.63) is 29.8 Å². The van der Waals surface area contributed by atoms with Crippen LogP contribution in [0, 0.1) is 11.3 Å². The van der Waals surface area contributed by atoms with Gasteiger partial charge >= 0.3 is 0 Å². The van der Waals surface area contributed by atoms with E-state index in [2.05, 4.69) is 12.2 Å². The Morgan fingerprint density at radius 2 is 1.90 bits per heavy atom. The van der Waals surface area contributed by atoms with Crippen molar-refractivity contribution in [1.82, 2.24) is 9.62 Å². The molecule has 20 heavy (non-hydrogen) atoms. The summed E-state index contributed by atoms with van der Waals surface area (Å²) in [5, 5.41) is 12.3. The van der Waals surface area contributed by atoms with E-state index in [0.717, 1.165) is 12.8 Å². The van der Waals surface area contributed by atoms with Gasteiger partial charge in [0.15, 0.2) is 0 Å². The number of benzene rings is 1. The van der Waals surface area contributed by atoms with Crippen LogP contribution < -0.4 is 5.32 Å². The Morgan fingerprint density at radius 3 is 2.45 bits per heavy atom. The molecule has 0 aromatic heterocycles. The van der Waals surface area contributed by atoms with Crippen molar-refractivity contribution in [2.45, 2.75) is 30.2 Å². The van der Waals surface area contributed by atoms with Gasteiger partial charge in [-0.25, -0.2) is 8.42 Å². The fourth-order valence-corrected chi connectivity index (χ4v) is 3.98. The summed E-state index contributed by atoms with van der Waals surface area (Å²) in [4.78, 5) is 0.107. The maximum Gasteiger partial charge on any atom is 0.244 e. The fraction of sp³-hybridized carbons (Fsp3) is 0.500. The molecule has 1 aliphatic rings. The topological polar surface area (TPSA) is 73.2 Å². The third-order valence-electron chi connectivity index (χ3n) is 4.05. The summed E-state index contributed by atoms with van der Waals surface area (Å²) in [5.41, 5.74) is 0.190. The molecule has 1 aliphatic heterocycles. The van der Waals surface area contributed by atoms with Gasteiger partial charge in [0, 0.05) is 18.6 Å². The van der Waals surface area contributed by atoms with Crippen LogP contribution in [0.2, 0.25) is 0 Å². The first kappa shape index (κ1) is 15.0. The van der Waals surface area contributed by atoms with Crippen molar-refractivity contribution in [2.24, 2.45) is 0 Å². The number of piperidine rings is 1. The van der Waals surface area contributed by atoms with E-state index >= 15 is 0 Å². The monoisotopic (exact) mass is 293 g/mol. The first-order valence-corrected chi connectivity index (χ1v) is 8.05. The molecule has 1 heterocycles. The van der Waals surface area contributed by atoms with E-state index in [0.29, 0.717) is 13.1 Å². The van der Waals surface area contributed by atoms with E-state index in [1.807, 2.05) is 13.1 Å². The van der Waals surface area contributed by atoms with E-state index in [4.69, 9.17) is 5.26 Å². The minimum Gasteiger partial charge on any atom is -0.314 e. The van der Waals surface area contributed by atoms with Crippen molar-refractivity contribution >= 4 is 10.0 Å². The highest BCUT2D eigenvalue weighted by atomic mass is 32.2. The maximum atomic E-state index is 12.6. The predicted octanol–water partition coefficient (Wildman–Crippen LogP) is 1.32. The van der Waals surface area contributed by atoms with Crippen LogP contribution in [0.15, 0.2) is 29.2 Å². The number of rotatable bonds is 3. The van der Waals surface area contributed by atoms with Crippen molar-refractivity contribution < 1.29 is 8.42 Å². The Kier molecular flexibility index (Phi) is 4.14. The molecule has 0 saturated carbocycles. The van der Waals surface area contributed by atoms with Crippen molar-refractivity contribution in [3.8, 4) is 6.07 Å². The molecular weight excluding hydrogens is 274 g/mol. The van der Waals surface area contributed by atoms with Crippen LogP contribution in [0.25, 0.3) is 0 Å². The van der Waals surface area contributed by atoms with E-state index in [9.17, 15) is 8.42 Å². The fourth-order valence-electron chi connectivity index (χ4n) is 2.39. The summed E-state index contributed by atoms with van der Waals surface area (Å²) in [6.45, 7) is 3.04. The molecule has 1 saturated heterocycles. The van der Waals surface area contributed by atoms with Crippen LogP contribution in [-0.4, -0.2) is 38.4 Å². The second kappa shape index (κ2) is 5.52. The van der Waals surface area contributed by atoms with Crippen LogP contribution in [0.5, 0.6) is 0 Å². The lowest BCUT2D eigenvalue weighted by atomic mass is 9.91. The number of hydrogen-bond donors (Lipinski definition) is 1.